The van der Waals surface area contributed by atoms with Crippen molar-refractivity contribution in [2.45, 2.75) is 6.92 Å². The molecule has 24 heavy (non-hydrogen) atoms. The Kier molecular flexibility index (Phi) is 5.49. The van der Waals surface area contributed by atoms with Gasteiger partial charge < -0.3 is 15.8 Å². The van der Waals surface area contributed by atoms with E-state index in [1.807, 2.05) is 30.3 Å². The number of rotatable bonds is 5. The second kappa shape index (κ2) is 7.56. The quantitative estimate of drug-likeness (QED) is 0.643. The molecule has 1 aromatic carbocycles. The molecule has 0 fully saturated rings. The number of nitrogens with two attached hydrogens (primary N) is 1. The minimum Gasteiger partial charge on any atom is -0.465 e. The molecule has 2 amide bonds. The Morgan fingerprint density at radius 1 is 1.21 bits per heavy atom. The first-order valence-corrected chi connectivity index (χ1v) is 7.81. The summed E-state index contributed by atoms with van der Waals surface area (Å²) < 4.78 is 4.67. The van der Waals surface area contributed by atoms with Crippen LogP contribution in [0.4, 0.5) is 5.00 Å². The summed E-state index contributed by atoms with van der Waals surface area (Å²) in [6, 6.07) is 9.29. The lowest BCUT2D eigenvalue weighted by Gasteiger charge is -2.02. The van der Waals surface area contributed by atoms with E-state index >= 15 is 0 Å². The minimum atomic E-state index is -0.721. The first kappa shape index (κ1) is 17.4. The number of carbonyl (C=O) groups is 3. The second-order valence-electron chi connectivity index (χ2n) is 4.85. The molecule has 2 rings (SSSR count). The van der Waals surface area contributed by atoms with Gasteiger partial charge in [-0.05, 0) is 24.1 Å². The predicted molar refractivity (Wildman–Crippen MR) is 93.0 cm³/mol. The van der Waals surface area contributed by atoms with Crippen molar-refractivity contribution in [3.05, 3.63) is 58.0 Å². The zero-order valence-electron chi connectivity index (χ0n) is 13.2. The van der Waals surface area contributed by atoms with E-state index in [-0.39, 0.29) is 15.4 Å². The molecule has 0 aliphatic heterocycles. The van der Waals surface area contributed by atoms with Gasteiger partial charge in [-0.15, -0.1) is 11.3 Å². The van der Waals surface area contributed by atoms with E-state index in [0.29, 0.717) is 5.56 Å². The molecule has 6 nitrogen and oxygen atoms in total. The molecule has 3 N–H and O–H groups in total. The standard InChI is InChI=1S/C17H16N2O4S/c1-10-13(15(18)21)16(24-14(10)17(22)23-2)19-12(20)9-8-11-6-4-3-5-7-11/h3-9H,1-2H3,(H2,18,21)(H,19,20)/b9-8+. The number of methoxy groups -OCH3 is 1. The summed E-state index contributed by atoms with van der Waals surface area (Å²) in [7, 11) is 1.24. The van der Waals surface area contributed by atoms with Crippen LogP contribution < -0.4 is 11.1 Å². The number of thiophene rings is 1. The van der Waals surface area contributed by atoms with Crippen LogP contribution in [0.1, 0.15) is 31.2 Å². The van der Waals surface area contributed by atoms with Crippen LogP contribution in [0.25, 0.3) is 6.08 Å². The van der Waals surface area contributed by atoms with Gasteiger partial charge in [0.2, 0.25) is 5.91 Å². The number of amides is 2. The van der Waals surface area contributed by atoms with Crippen molar-refractivity contribution in [1.29, 1.82) is 0 Å². The molecule has 0 radical (unpaired) electrons. The Hall–Kier alpha value is -2.93. The Bertz CT molecular complexity index is 809. The molecule has 1 aromatic heterocycles. The number of esters is 1. The summed E-state index contributed by atoms with van der Waals surface area (Å²) in [6.07, 6.45) is 2.98. The molecular weight excluding hydrogens is 328 g/mol. The summed E-state index contributed by atoms with van der Waals surface area (Å²) >= 11 is 0.956. The first-order valence-electron chi connectivity index (χ1n) is 6.99. The number of anilines is 1. The van der Waals surface area contributed by atoms with Gasteiger partial charge in [-0.2, -0.15) is 0 Å². The molecule has 0 saturated carbocycles. The summed E-state index contributed by atoms with van der Waals surface area (Å²) in [6.45, 7) is 1.58. The summed E-state index contributed by atoms with van der Waals surface area (Å²) in [4.78, 5) is 35.7. The fourth-order valence-electron chi connectivity index (χ4n) is 2.08. The molecule has 1 heterocycles. The summed E-state index contributed by atoms with van der Waals surface area (Å²) in [5, 5.41) is 2.81. The smallest absolute Gasteiger partial charge is 0.348 e. The number of nitrogens with one attached hydrogen (secondary N) is 1. The SMILES string of the molecule is COC(=O)c1sc(NC(=O)/C=C/c2ccccc2)c(C(N)=O)c1C. The molecule has 0 atom stereocenters. The van der Waals surface area contributed by atoms with E-state index in [9.17, 15) is 14.4 Å². The van der Waals surface area contributed by atoms with Gasteiger partial charge in [0.25, 0.3) is 5.91 Å². The topological polar surface area (TPSA) is 98.5 Å². The minimum absolute atomic E-state index is 0.113. The van der Waals surface area contributed by atoms with Crippen molar-refractivity contribution in [3.8, 4) is 0 Å². The van der Waals surface area contributed by atoms with Crippen LogP contribution in [-0.2, 0) is 9.53 Å². The molecule has 2 aromatic rings. The average molecular weight is 344 g/mol. The van der Waals surface area contributed by atoms with Crippen molar-refractivity contribution in [2.75, 3.05) is 12.4 Å². The maximum absolute atomic E-state index is 12.1. The molecule has 7 heteroatoms. The van der Waals surface area contributed by atoms with Gasteiger partial charge in [-0.1, -0.05) is 30.3 Å². The normalized spacial score (nSPS) is 10.6. The molecule has 0 bridgehead atoms. The monoisotopic (exact) mass is 344 g/mol. The highest BCUT2D eigenvalue weighted by Crippen LogP contribution is 2.33. The Balaban J connectivity index is 2.25. The fraction of sp³-hybridized carbons (Fsp3) is 0.118. The maximum Gasteiger partial charge on any atom is 0.348 e. The van der Waals surface area contributed by atoms with Crippen molar-refractivity contribution in [3.63, 3.8) is 0 Å². The van der Waals surface area contributed by atoms with Crippen molar-refractivity contribution < 1.29 is 19.1 Å². The van der Waals surface area contributed by atoms with Crippen LogP contribution in [0.3, 0.4) is 0 Å². The molecule has 0 spiro atoms. The maximum atomic E-state index is 12.1. The number of carbonyl (C=O) groups excluding carboxylic acids is 3. The zero-order chi connectivity index (χ0) is 17.7. The van der Waals surface area contributed by atoms with Gasteiger partial charge in [-0.25, -0.2) is 4.79 Å². The van der Waals surface area contributed by atoms with Gasteiger partial charge >= 0.3 is 5.97 Å². The third-order valence-electron chi connectivity index (χ3n) is 3.23. The Morgan fingerprint density at radius 3 is 2.46 bits per heavy atom. The highest BCUT2D eigenvalue weighted by Gasteiger charge is 2.24. The zero-order valence-corrected chi connectivity index (χ0v) is 14.0. The van der Waals surface area contributed by atoms with Crippen LogP contribution in [0.5, 0.6) is 0 Å². The molecule has 124 valence electrons. The number of hydrogen-bond acceptors (Lipinski definition) is 5. The largest absolute Gasteiger partial charge is 0.465 e. The van der Waals surface area contributed by atoms with Crippen LogP contribution >= 0.6 is 11.3 Å². The van der Waals surface area contributed by atoms with Gasteiger partial charge in [0, 0.05) is 6.08 Å². The van der Waals surface area contributed by atoms with E-state index in [1.165, 1.54) is 13.2 Å². The lowest BCUT2D eigenvalue weighted by atomic mass is 10.1. The fourth-order valence-corrected chi connectivity index (χ4v) is 3.21. The number of primary amides is 1. The lowest BCUT2D eigenvalue weighted by Crippen LogP contribution is -2.16. The Morgan fingerprint density at radius 2 is 1.88 bits per heavy atom. The van der Waals surface area contributed by atoms with Gasteiger partial charge in [-0.3, -0.25) is 9.59 Å². The molecule has 0 unspecified atom stereocenters. The lowest BCUT2D eigenvalue weighted by molar-refractivity contribution is -0.111. The predicted octanol–water partition coefficient (Wildman–Crippen LogP) is 2.59. The van der Waals surface area contributed by atoms with E-state index in [2.05, 4.69) is 10.1 Å². The van der Waals surface area contributed by atoms with Crippen molar-refractivity contribution >= 4 is 40.2 Å². The van der Waals surface area contributed by atoms with Crippen LogP contribution in [0.2, 0.25) is 0 Å². The van der Waals surface area contributed by atoms with Crippen LogP contribution in [0.15, 0.2) is 36.4 Å². The summed E-state index contributed by atoms with van der Waals surface area (Å²) in [5.74, 6) is -1.74. The van der Waals surface area contributed by atoms with Gasteiger partial charge in [0.1, 0.15) is 9.88 Å². The van der Waals surface area contributed by atoms with Crippen LogP contribution in [0, 0.1) is 6.92 Å². The molecule has 0 aliphatic rings. The third kappa shape index (κ3) is 3.88. The Labute approximate surface area is 142 Å². The summed E-state index contributed by atoms with van der Waals surface area (Å²) in [5.41, 5.74) is 6.72. The molecule has 0 saturated heterocycles. The second-order valence-corrected chi connectivity index (χ2v) is 5.87. The molecule has 0 aliphatic carbocycles. The number of ether oxygens (including phenoxy) is 1. The van der Waals surface area contributed by atoms with E-state index in [1.54, 1.807) is 13.0 Å². The van der Waals surface area contributed by atoms with Crippen molar-refractivity contribution in [1.82, 2.24) is 0 Å². The third-order valence-corrected chi connectivity index (χ3v) is 4.41. The molecular formula is C17H16N2O4S. The highest BCUT2D eigenvalue weighted by molar-refractivity contribution is 7.18. The average Bonchev–Trinajstić information content (AvgIpc) is 2.89. The van der Waals surface area contributed by atoms with Gasteiger partial charge in [0.05, 0.1) is 12.7 Å². The highest BCUT2D eigenvalue weighted by atomic mass is 32.1. The van der Waals surface area contributed by atoms with Crippen LogP contribution in [-0.4, -0.2) is 24.9 Å². The van der Waals surface area contributed by atoms with E-state index in [4.69, 9.17) is 5.73 Å². The van der Waals surface area contributed by atoms with Gasteiger partial charge in [0.15, 0.2) is 0 Å². The number of hydrogen-bond donors (Lipinski definition) is 2. The van der Waals surface area contributed by atoms with E-state index < -0.39 is 17.8 Å². The first-order chi connectivity index (χ1) is 11.4. The van der Waals surface area contributed by atoms with Crippen molar-refractivity contribution in [2.24, 2.45) is 5.73 Å². The van der Waals surface area contributed by atoms with E-state index in [0.717, 1.165) is 16.9 Å². The number of benzene rings is 1.